The third-order valence-corrected chi connectivity index (χ3v) is 2.32. The minimum absolute atomic E-state index is 0.292. The van der Waals surface area contributed by atoms with Gasteiger partial charge in [0.25, 0.3) is 0 Å². The summed E-state index contributed by atoms with van der Waals surface area (Å²) in [6, 6.07) is 0. The first-order valence-corrected chi connectivity index (χ1v) is 4.14. The average molecular weight is 194 g/mol. The van der Waals surface area contributed by atoms with Gasteiger partial charge in [-0.05, 0) is 25.9 Å². The van der Waals surface area contributed by atoms with Gasteiger partial charge in [0.1, 0.15) is 5.60 Å². The van der Waals surface area contributed by atoms with Crippen molar-refractivity contribution in [3.8, 4) is 0 Å². The van der Waals surface area contributed by atoms with Crippen LogP contribution in [0.25, 0.3) is 0 Å². The van der Waals surface area contributed by atoms with Crippen molar-refractivity contribution in [2.75, 3.05) is 6.61 Å². The molecule has 1 unspecified atom stereocenters. The molecule has 0 saturated carbocycles. The molecule has 70 valence electrons. The van der Waals surface area contributed by atoms with Crippen molar-refractivity contribution in [3.05, 3.63) is 4.91 Å². The summed E-state index contributed by atoms with van der Waals surface area (Å²) in [6.07, 6.45) is 0. The van der Waals surface area contributed by atoms with Crippen LogP contribution in [0.4, 0.5) is 0 Å². The lowest BCUT2D eigenvalue weighted by Gasteiger charge is -2.25. The molecule has 2 atom stereocenters. The van der Waals surface area contributed by atoms with Crippen LogP contribution in [0.15, 0.2) is 5.18 Å². The topological polar surface area (TPSA) is 47.9 Å². The molecule has 1 aliphatic heterocycles. The quantitative estimate of drug-likeness (QED) is 0.382. The van der Waals surface area contributed by atoms with Crippen molar-refractivity contribution in [1.29, 1.82) is 0 Å². The first-order valence-electron chi connectivity index (χ1n) is 3.70. The number of halogens is 1. The highest BCUT2D eigenvalue weighted by Gasteiger charge is 2.47. The van der Waals surface area contributed by atoms with Crippen LogP contribution in [-0.2, 0) is 9.47 Å². The van der Waals surface area contributed by atoms with Gasteiger partial charge in [0.05, 0.1) is 6.61 Å². The van der Waals surface area contributed by atoms with E-state index in [1.54, 1.807) is 20.8 Å². The normalized spacial score (nSPS) is 36.3. The van der Waals surface area contributed by atoms with Crippen LogP contribution < -0.4 is 0 Å². The largest absolute Gasteiger partial charge is 0.347 e. The summed E-state index contributed by atoms with van der Waals surface area (Å²) in [7, 11) is 0. The molecule has 0 N–H and O–H groups in total. The zero-order valence-electron chi connectivity index (χ0n) is 7.33. The third kappa shape index (κ3) is 1.76. The lowest BCUT2D eigenvalue weighted by Crippen LogP contribution is -2.38. The van der Waals surface area contributed by atoms with Crippen LogP contribution in [0.3, 0.4) is 0 Å². The molecule has 1 rings (SSSR count). The highest BCUT2D eigenvalue weighted by molar-refractivity contribution is 6.21. The summed E-state index contributed by atoms with van der Waals surface area (Å²) in [5.41, 5.74) is -1.70. The monoisotopic (exact) mass is 193 g/mol. The van der Waals surface area contributed by atoms with E-state index in [4.69, 9.17) is 21.1 Å². The van der Waals surface area contributed by atoms with E-state index < -0.39 is 16.9 Å². The van der Waals surface area contributed by atoms with Gasteiger partial charge in [0.2, 0.25) is 0 Å². The van der Waals surface area contributed by atoms with Crippen LogP contribution in [0.1, 0.15) is 20.8 Å². The van der Waals surface area contributed by atoms with E-state index >= 15 is 0 Å². The number of rotatable bonds is 2. The van der Waals surface area contributed by atoms with Crippen LogP contribution >= 0.6 is 11.6 Å². The molecule has 0 aliphatic carbocycles. The van der Waals surface area contributed by atoms with Crippen molar-refractivity contribution in [3.63, 3.8) is 0 Å². The zero-order valence-corrected chi connectivity index (χ0v) is 8.09. The molecule has 1 fully saturated rings. The lowest BCUT2D eigenvalue weighted by molar-refractivity contribution is -0.157. The molecular formula is C7H12ClNO3. The van der Waals surface area contributed by atoms with Crippen LogP contribution in [0, 0.1) is 4.91 Å². The van der Waals surface area contributed by atoms with E-state index in [1.807, 2.05) is 0 Å². The van der Waals surface area contributed by atoms with Gasteiger partial charge in [0, 0.05) is 0 Å². The smallest absolute Gasteiger partial charge is 0.196 e. The molecule has 0 aromatic carbocycles. The Labute approximate surface area is 76.1 Å². The number of alkyl halides is 1. The van der Waals surface area contributed by atoms with Gasteiger partial charge in [-0.15, -0.1) is 4.91 Å². The van der Waals surface area contributed by atoms with Crippen molar-refractivity contribution in [2.45, 2.75) is 37.7 Å². The maximum Gasteiger partial charge on any atom is 0.196 e. The summed E-state index contributed by atoms with van der Waals surface area (Å²) in [4.78, 5) is 10.2. The standard InChI is InChI=1S/C7H12ClNO3/c1-6(2)11-4-7(3,12-6)5(8)9-10/h5H,4H2,1-3H3/t5?,7-/m0/s1. The Morgan fingerprint density at radius 2 is 2.08 bits per heavy atom. The Kier molecular flexibility index (Phi) is 2.42. The van der Waals surface area contributed by atoms with Gasteiger partial charge >= 0.3 is 0 Å². The maximum atomic E-state index is 10.2. The highest BCUT2D eigenvalue weighted by Crippen LogP contribution is 2.35. The Hall–Kier alpha value is -0.190. The molecule has 0 aromatic heterocycles. The van der Waals surface area contributed by atoms with E-state index in [1.165, 1.54) is 0 Å². The van der Waals surface area contributed by atoms with E-state index in [-0.39, 0.29) is 0 Å². The van der Waals surface area contributed by atoms with Crippen molar-refractivity contribution in [1.82, 2.24) is 0 Å². The molecule has 0 spiro atoms. The third-order valence-electron chi connectivity index (χ3n) is 1.78. The summed E-state index contributed by atoms with van der Waals surface area (Å²) in [6.45, 7) is 5.54. The van der Waals surface area contributed by atoms with Gasteiger partial charge in [-0.3, -0.25) is 0 Å². The van der Waals surface area contributed by atoms with Gasteiger partial charge < -0.3 is 9.47 Å². The molecule has 0 bridgehead atoms. The molecule has 0 aromatic rings. The fourth-order valence-corrected chi connectivity index (χ4v) is 1.27. The Morgan fingerprint density at radius 3 is 2.42 bits per heavy atom. The molecule has 1 aliphatic rings. The molecule has 1 heterocycles. The molecule has 5 heteroatoms. The second kappa shape index (κ2) is 2.94. The number of nitrogens with zero attached hydrogens (tertiary/aromatic N) is 1. The van der Waals surface area contributed by atoms with Crippen LogP contribution in [0.5, 0.6) is 0 Å². The first-order chi connectivity index (χ1) is 5.40. The van der Waals surface area contributed by atoms with Gasteiger partial charge in [0.15, 0.2) is 11.3 Å². The zero-order chi connectivity index (χ0) is 9.41. The Balaban J connectivity index is 2.70. The summed E-state index contributed by atoms with van der Waals surface area (Å²) in [5, 5.41) is 2.72. The first kappa shape index (κ1) is 9.89. The maximum absolute atomic E-state index is 10.2. The molecule has 4 nitrogen and oxygen atoms in total. The number of nitroso groups, excluding NO2 is 1. The van der Waals surface area contributed by atoms with Crippen molar-refractivity contribution >= 4 is 11.6 Å². The second-order valence-electron chi connectivity index (χ2n) is 3.54. The average Bonchev–Trinajstić information content (AvgIpc) is 2.25. The molecular weight excluding hydrogens is 182 g/mol. The minimum atomic E-state index is -0.903. The van der Waals surface area contributed by atoms with Crippen molar-refractivity contribution in [2.24, 2.45) is 5.18 Å². The van der Waals surface area contributed by atoms with Crippen molar-refractivity contribution < 1.29 is 9.47 Å². The molecule has 1 saturated heterocycles. The van der Waals surface area contributed by atoms with Crippen LogP contribution in [-0.4, -0.2) is 23.5 Å². The predicted molar refractivity (Wildman–Crippen MR) is 45.0 cm³/mol. The molecule has 12 heavy (non-hydrogen) atoms. The Bertz CT molecular complexity index is 197. The van der Waals surface area contributed by atoms with Gasteiger partial charge in [-0.25, -0.2) is 0 Å². The summed E-state index contributed by atoms with van der Waals surface area (Å²) in [5.74, 6) is -0.674. The van der Waals surface area contributed by atoms with E-state index in [9.17, 15) is 4.91 Å². The van der Waals surface area contributed by atoms with E-state index in [0.717, 1.165) is 0 Å². The fraction of sp³-hybridized carbons (Fsp3) is 1.00. The predicted octanol–water partition coefficient (Wildman–Crippen LogP) is 1.86. The van der Waals surface area contributed by atoms with E-state index in [2.05, 4.69) is 5.18 Å². The molecule has 0 radical (unpaired) electrons. The van der Waals surface area contributed by atoms with E-state index in [0.29, 0.717) is 6.61 Å². The molecule has 0 amide bonds. The number of hydrogen-bond donors (Lipinski definition) is 0. The SMILES string of the molecule is CC1(C)OC[C@@](C)(C(Cl)N=O)O1. The lowest BCUT2D eigenvalue weighted by atomic mass is 10.1. The summed E-state index contributed by atoms with van der Waals surface area (Å²) < 4.78 is 10.7. The highest BCUT2D eigenvalue weighted by atomic mass is 35.5. The number of hydrogen-bond acceptors (Lipinski definition) is 4. The van der Waals surface area contributed by atoms with Crippen LogP contribution in [0.2, 0.25) is 0 Å². The Morgan fingerprint density at radius 1 is 1.50 bits per heavy atom. The fourth-order valence-electron chi connectivity index (χ4n) is 1.17. The van der Waals surface area contributed by atoms with Gasteiger partial charge in [-0.2, -0.15) is 0 Å². The minimum Gasteiger partial charge on any atom is -0.347 e. The second-order valence-corrected chi connectivity index (χ2v) is 3.96. The van der Waals surface area contributed by atoms with Gasteiger partial charge in [-0.1, -0.05) is 11.6 Å². The summed E-state index contributed by atoms with van der Waals surface area (Å²) >= 11 is 5.66. The number of ether oxygens (including phenoxy) is 2.